The second-order valence-corrected chi connectivity index (χ2v) is 10.7. The molecule has 0 aromatic heterocycles. The number of fused-ring (bicyclic) bond motifs is 3. The largest absolute Gasteiger partial charge is 0.462 e. The van der Waals surface area contributed by atoms with E-state index in [1.807, 2.05) is 0 Å². The molecule has 2 nitrogen and oxygen atoms in total. The first-order chi connectivity index (χ1) is 14.2. The fourth-order valence-electron chi connectivity index (χ4n) is 7.10. The summed E-state index contributed by atoms with van der Waals surface area (Å²) >= 11 is 0. The molecule has 2 heteroatoms. The average Bonchev–Trinajstić information content (AvgIpc) is 2.73. The van der Waals surface area contributed by atoms with Gasteiger partial charge in [-0.3, -0.25) is 4.79 Å². The molecule has 0 N–H and O–H groups in total. The van der Waals surface area contributed by atoms with Gasteiger partial charge >= 0.3 is 5.97 Å². The van der Waals surface area contributed by atoms with Crippen molar-refractivity contribution in [2.75, 3.05) is 0 Å². The maximum atomic E-state index is 12.3. The van der Waals surface area contributed by atoms with Gasteiger partial charge in [0.05, 0.1) is 0 Å². The van der Waals surface area contributed by atoms with Crippen molar-refractivity contribution in [3.63, 3.8) is 0 Å². The summed E-state index contributed by atoms with van der Waals surface area (Å²) in [7, 11) is 0. The summed E-state index contributed by atoms with van der Waals surface area (Å²) in [6.07, 6.45) is 23.4. The van der Waals surface area contributed by atoms with E-state index in [0.29, 0.717) is 6.42 Å². The number of carbonyl (C=O) groups is 1. The van der Waals surface area contributed by atoms with Gasteiger partial charge in [-0.15, -0.1) is 0 Å². The van der Waals surface area contributed by atoms with Gasteiger partial charge in [-0.2, -0.15) is 0 Å². The molecule has 0 aliphatic heterocycles. The molecule has 0 spiro atoms. The molecular formula is C27H48O2. The van der Waals surface area contributed by atoms with Crippen LogP contribution in [0.15, 0.2) is 0 Å². The number of ether oxygens (including phenoxy) is 1. The normalized spacial score (nSPS) is 34.3. The van der Waals surface area contributed by atoms with Crippen molar-refractivity contribution >= 4 is 5.97 Å². The zero-order valence-corrected chi connectivity index (χ0v) is 19.5. The lowest BCUT2D eigenvalue weighted by atomic mass is 9.56. The van der Waals surface area contributed by atoms with Crippen LogP contribution in [0.25, 0.3) is 0 Å². The van der Waals surface area contributed by atoms with Crippen LogP contribution >= 0.6 is 0 Å². The molecule has 0 radical (unpaired) electrons. The smallest absolute Gasteiger partial charge is 0.306 e. The van der Waals surface area contributed by atoms with Crippen LogP contribution in [-0.2, 0) is 9.53 Å². The minimum atomic E-state index is 0.0794. The molecule has 0 aromatic carbocycles. The molecule has 3 aliphatic carbocycles. The molecule has 0 bridgehead atoms. The molecule has 0 heterocycles. The van der Waals surface area contributed by atoms with Gasteiger partial charge in [0.1, 0.15) is 6.10 Å². The molecular weight excluding hydrogens is 356 g/mol. The summed E-state index contributed by atoms with van der Waals surface area (Å²) in [5, 5.41) is 0. The highest BCUT2D eigenvalue weighted by Crippen LogP contribution is 2.53. The van der Waals surface area contributed by atoms with E-state index in [9.17, 15) is 4.79 Å². The molecule has 0 saturated heterocycles. The first kappa shape index (κ1) is 23.1. The van der Waals surface area contributed by atoms with E-state index in [1.165, 1.54) is 89.9 Å². The van der Waals surface area contributed by atoms with Crippen molar-refractivity contribution in [1.29, 1.82) is 0 Å². The van der Waals surface area contributed by atoms with Crippen molar-refractivity contribution in [3.05, 3.63) is 0 Å². The zero-order chi connectivity index (χ0) is 20.5. The minimum absolute atomic E-state index is 0.0794. The molecule has 168 valence electrons. The van der Waals surface area contributed by atoms with E-state index in [0.717, 1.165) is 48.9 Å². The minimum Gasteiger partial charge on any atom is -0.462 e. The second kappa shape index (κ2) is 12.4. The van der Waals surface area contributed by atoms with Gasteiger partial charge in [-0.1, -0.05) is 71.6 Å². The maximum Gasteiger partial charge on any atom is 0.306 e. The number of hydrogen-bond donors (Lipinski definition) is 0. The Bertz CT molecular complexity index is 473. The summed E-state index contributed by atoms with van der Waals surface area (Å²) in [5.41, 5.74) is 0. The number of unbranched alkanes of at least 4 members (excludes halogenated alkanes) is 6. The SMILES string of the molecule is CCCCCCCCCC(=O)OC1CCC2C(CCC3CC(CCC)CCC32)C1. The fraction of sp³-hybridized carbons (Fsp3) is 0.963. The third-order valence-corrected chi connectivity index (χ3v) is 8.58. The predicted molar refractivity (Wildman–Crippen MR) is 122 cm³/mol. The summed E-state index contributed by atoms with van der Waals surface area (Å²) in [4.78, 5) is 12.3. The van der Waals surface area contributed by atoms with Gasteiger partial charge in [-0.25, -0.2) is 0 Å². The number of carbonyl (C=O) groups excluding carboxylic acids is 1. The second-order valence-electron chi connectivity index (χ2n) is 10.7. The number of rotatable bonds is 11. The van der Waals surface area contributed by atoms with Gasteiger partial charge in [0, 0.05) is 6.42 Å². The molecule has 3 aliphatic rings. The standard InChI is InChI=1S/C27H48O2/c1-3-5-6-7-8-9-10-12-27(28)29-24-16-18-26-23(20-24)15-14-22-19-21(11-4-2)13-17-25(22)26/h21-26H,3-20H2,1-2H3. The van der Waals surface area contributed by atoms with Gasteiger partial charge in [-0.05, 0) is 81.0 Å². The van der Waals surface area contributed by atoms with Crippen molar-refractivity contribution in [3.8, 4) is 0 Å². The van der Waals surface area contributed by atoms with Gasteiger partial charge < -0.3 is 4.74 Å². The Morgan fingerprint density at radius 2 is 1.38 bits per heavy atom. The van der Waals surface area contributed by atoms with E-state index in [1.54, 1.807) is 0 Å². The molecule has 3 saturated carbocycles. The van der Waals surface area contributed by atoms with Gasteiger partial charge in [0.25, 0.3) is 0 Å². The van der Waals surface area contributed by atoms with Crippen molar-refractivity contribution in [1.82, 2.24) is 0 Å². The fourth-order valence-corrected chi connectivity index (χ4v) is 7.10. The number of esters is 1. The molecule has 0 amide bonds. The van der Waals surface area contributed by atoms with E-state index in [4.69, 9.17) is 4.74 Å². The highest BCUT2D eigenvalue weighted by molar-refractivity contribution is 5.69. The lowest BCUT2D eigenvalue weighted by Gasteiger charge is -2.50. The van der Waals surface area contributed by atoms with Crippen LogP contribution in [-0.4, -0.2) is 12.1 Å². The van der Waals surface area contributed by atoms with Crippen LogP contribution in [0.4, 0.5) is 0 Å². The van der Waals surface area contributed by atoms with Gasteiger partial charge in [0.2, 0.25) is 0 Å². The first-order valence-electron chi connectivity index (χ1n) is 13.4. The molecule has 3 fully saturated rings. The molecule has 6 atom stereocenters. The third-order valence-electron chi connectivity index (χ3n) is 8.58. The molecule has 29 heavy (non-hydrogen) atoms. The lowest BCUT2D eigenvalue weighted by Crippen LogP contribution is -2.43. The molecule has 0 aromatic rings. The summed E-state index contributed by atoms with van der Waals surface area (Å²) in [6, 6.07) is 0. The van der Waals surface area contributed by atoms with E-state index in [2.05, 4.69) is 13.8 Å². The summed E-state index contributed by atoms with van der Waals surface area (Å²) in [6.45, 7) is 4.60. The van der Waals surface area contributed by atoms with Crippen LogP contribution < -0.4 is 0 Å². The zero-order valence-electron chi connectivity index (χ0n) is 19.5. The van der Waals surface area contributed by atoms with Crippen LogP contribution in [0.3, 0.4) is 0 Å². The summed E-state index contributed by atoms with van der Waals surface area (Å²) in [5.74, 6) is 4.88. The quantitative estimate of drug-likeness (QED) is 0.257. The van der Waals surface area contributed by atoms with E-state index in [-0.39, 0.29) is 12.1 Å². The Morgan fingerprint density at radius 3 is 2.10 bits per heavy atom. The highest BCUT2D eigenvalue weighted by atomic mass is 16.5. The highest BCUT2D eigenvalue weighted by Gasteiger charge is 2.44. The number of hydrogen-bond acceptors (Lipinski definition) is 2. The first-order valence-corrected chi connectivity index (χ1v) is 13.4. The topological polar surface area (TPSA) is 26.3 Å². The third kappa shape index (κ3) is 7.00. The molecule has 3 rings (SSSR count). The van der Waals surface area contributed by atoms with Crippen molar-refractivity contribution in [2.24, 2.45) is 29.6 Å². The van der Waals surface area contributed by atoms with Crippen molar-refractivity contribution in [2.45, 2.75) is 136 Å². The van der Waals surface area contributed by atoms with E-state index >= 15 is 0 Å². The monoisotopic (exact) mass is 404 g/mol. The molecule has 6 unspecified atom stereocenters. The van der Waals surface area contributed by atoms with Crippen LogP contribution in [0.2, 0.25) is 0 Å². The Kier molecular flexibility index (Phi) is 9.86. The van der Waals surface area contributed by atoms with Crippen LogP contribution in [0.1, 0.15) is 129 Å². The van der Waals surface area contributed by atoms with Crippen LogP contribution in [0.5, 0.6) is 0 Å². The van der Waals surface area contributed by atoms with Crippen molar-refractivity contribution < 1.29 is 9.53 Å². The predicted octanol–water partition coefficient (Wildman–Crippen LogP) is 8.08. The Labute approximate surface area is 180 Å². The summed E-state index contributed by atoms with van der Waals surface area (Å²) < 4.78 is 5.93. The Hall–Kier alpha value is -0.530. The van der Waals surface area contributed by atoms with E-state index < -0.39 is 0 Å². The van der Waals surface area contributed by atoms with Gasteiger partial charge in [0.15, 0.2) is 0 Å². The van der Waals surface area contributed by atoms with Crippen LogP contribution in [0, 0.1) is 29.6 Å². The maximum absolute atomic E-state index is 12.3. The Morgan fingerprint density at radius 1 is 0.724 bits per heavy atom. The average molecular weight is 405 g/mol. The lowest BCUT2D eigenvalue weighted by molar-refractivity contribution is -0.153. The Balaban J connectivity index is 1.33.